The largest absolute Gasteiger partial charge is 0.399 e. The number of anilines is 1. The van der Waals surface area contributed by atoms with Gasteiger partial charge in [0.1, 0.15) is 5.82 Å². The first-order chi connectivity index (χ1) is 5.65. The quantitative estimate of drug-likeness (QED) is 0.516. The molecule has 4 heteroatoms. The molecule has 66 valence electrons. The molecule has 0 aliphatic rings. The second-order valence-electron chi connectivity index (χ2n) is 2.37. The Balaban J connectivity index is 3.01. The van der Waals surface area contributed by atoms with Crippen LogP contribution in [0.25, 0.3) is 0 Å². The lowest BCUT2D eigenvalue weighted by Crippen LogP contribution is -2.03. The minimum atomic E-state index is -1.23. The number of nitrogens with two attached hydrogens (primary N) is 1. The van der Waals surface area contributed by atoms with E-state index < -0.39 is 12.1 Å². The summed E-state index contributed by atoms with van der Waals surface area (Å²) < 4.78 is 17.5. The zero-order valence-corrected chi connectivity index (χ0v) is 6.62. The first-order valence-electron chi connectivity index (χ1n) is 3.41. The molecule has 0 bridgehead atoms. The van der Waals surface area contributed by atoms with Crippen LogP contribution in [-0.2, 0) is 4.74 Å². The number of halogens is 1. The van der Waals surface area contributed by atoms with Crippen molar-refractivity contribution in [2.24, 2.45) is 0 Å². The molecule has 1 aromatic rings. The Morgan fingerprint density at radius 2 is 2.25 bits per heavy atom. The predicted octanol–water partition coefficient (Wildman–Crippen LogP) is 1.05. The first-order valence-corrected chi connectivity index (χ1v) is 3.41. The Labute approximate surface area is 69.6 Å². The number of hydrogen-bond donors (Lipinski definition) is 2. The summed E-state index contributed by atoms with van der Waals surface area (Å²) in [5.41, 5.74) is 5.72. The lowest BCUT2D eigenvalue weighted by atomic mass is 10.2. The predicted molar refractivity (Wildman–Crippen MR) is 42.8 cm³/mol. The molecule has 3 N–H and O–H groups in total. The highest BCUT2D eigenvalue weighted by atomic mass is 19.1. The minimum Gasteiger partial charge on any atom is -0.399 e. The third-order valence-corrected chi connectivity index (χ3v) is 1.51. The maximum Gasteiger partial charge on any atom is 0.183 e. The molecular formula is C8H10FNO2. The molecule has 0 spiro atoms. The Kier molecular flexibility index (Phi) is 2.62. The van der Waals surface area contributed by atoms with E-state index in [-0.39, 0.29) is 5.56 Å². The van der Waals surface area contributed by atoms with Gasteiger partial charge in [-0.3, -0.25) is 0 Å². The van der Waals surface area contributed by atoms with Crippen molar-refractivity contribution in [1.82, 2.24) is 0 Å². The summed E-state index contributed by atoms with van der Waals surface area (Å²) in [6, 6.07) is 4.02. The Morgan fingerprint density at radius 1 is 1.58 bits per heavy atom. The number of aliphatic hydroxyl groups is 1. The monoisotopic (exact) mass is 171 g/mol. The van der Waals surface area contributed by atoms with Gasteiger partial charge in [-0.25, -0.2) is 4.39 Å². The summed E-state index contributed by atoms with van der Waals surface area (Å²) in [4.78, 5) is 0. The van der Waals surface area contributed by atoms with Gasteiger partial charge < -0.3 is 15.6 Å². The fourth-order valence-corrected chi connectivity index (χ4v) is 0.871. The van der Waals surface area contributed by atoms with Crippen molar-refractivity contribution in [3.8, 4) is 0 Å². The van der Waals surface area contributed by atoms with Crippen LogP contribution in [0.3, 0.4) is 0 Å². The summed E-state index contributed by atoms with van der Waals surface area (Å²) in [5, 5.41) is 9.10. The average Bonchev–Trinajstić information content (AvgIpc) is 2.03. The van der Waals surface area contributed by atoms with Crippen molar-refractivity contribution < 1.29 is 14.2 Å². The molecule has 0 radical (unpaired) electrons. The molecule has 1 aromatic carbocycles. The fourth-order valence-electron chi connectivity index (χ4n) is 0.871. The van der Waals surface area contributed by atoms with Crippen LogP contribution in [0.4, 0.5) is 10.1 Å². The topological polar surface area (TPSA) is 55.5 Å². The van der Waals surface area contributed by atoms with Crippen LogP contribution in [0.5, 0.6) is 0 Å². The average molecular weight is 171 g/mol. The van der Waals surface area contributed by atoms with Crippen LogP contribution in [0, 0.1) is 5.82 Å². The maximum atomic E-state index is 13.0. The molecule has 0 aliphatic carbocycles. The van der Waals surface area contributed by atoms with E-state index in [9.17, 15) is 4.39 Å². The Bertz CT molecular complexity index is 278. The highest BCUT2D eigenvalue weighted by Crippen LogP contribution is 2.19. The van der Waals surface area contributed by atoms with Gasteiger partial charge in [-0.15, -0.1) is 0 Å². The summed E-state index contributed by atoms with van der Waals surface area (Å²) in [6.45, 7) is 0. The van der Waals surface area contributed by atoms with Crippen LogP contribution >= 0.6 is 0 Å². The highest BCUT2D eigenvalue weighted by molar-refractivity contribution is 5.40. The molecule has 1 atom stereocenters. The van der Waals surface area contributed by atoms with Crippen LogP contribution in [-0.4, -0.2) is 12.2 Å². The van der Waals surface area contributed by atoms with E-state index >= 15 is 0 Å². The molecule has 0 heterocycles. The zero-order valence-electron chi connectivity index (χ0n) is 6.62. The highest BCUT2D eigenvalue weighted by Gasteiger charge is 2.10. The second-order valence-corrected chi connectivity index (χ2v) is 2.37. The standard InChI is InChI=1S/C8H10FNO2/c1-12-8(11)6-3-2-5(10)4-7(6)9/h2-4,8,11H,10H2,1H3. The van der Waals surface area contributed by atoms with Gasteiger partial charge in [-0.05, 0) is 18.2 Å². The minimum absolute atomic E-state index is 0.0895. The van der Waals surface area contributed by atoms with E-state index in [1.165, 1.54) is 19.2 Å². The van der Waals surface area contributed by atoms with E-state index in [1.807, 2.05) is 0 Å². The lowest BCUT2D eigenvalue weighted by Gasteiger charge is -2.09. The fraction of sp³-hybridized carbons (Fsp3) is 0.250. The van der Waals surface area contributed by atoms with Crippen molar-refractivity contribution in [2.45, 2.75) is 6.29 Å². The zero-order chi connectivity index (χ0) is 9.14. The molecule has 0 saturated heterocycles. The molecule has 0 aromatic heterocycles. The number of rotatable bonds is 2. The second kappa shape index (κ2) is 3.51. The molecule has 12 heavy (non-hydrogen) atoms. The Hall–Kier alpha value is -1.13. The van der Waals surface area contributed by atoms with Crippen LogP contribution in [0.2, 0.25) is 0 Å². The molecule has 0 saturated carbocycles. The maximum absolute atomic E-state index is 13.0. The molecule has 0 amide bonds. The molecule has 1 unspecified atom stereocenters. The van der Waals surface area contributed by atoms with Gasteiger partial charge in [0.15, 0.2) is 6.29 Å². The van der Waals surface area contributed by atoms with E-state index in [2.05, 4.69) is 4.74 Å². The van der Waals surface area contributed by atoms with Gasteiger partial charge in [0, 0.05) is 18.4 Å². The number of nitrogen functional groups attached to an aromatic ring is 1. The van der Waals surface area contributed by atoms with Crippen molar-refractivity contribution >= 4 is 5.69 Å². The van der Waals surface area contributed by atoms with Gasteiger partial charge in [0.2, 0.25) is 0 Å². The van der Waals surface area contributed by atoms with E-state index in [0.29, 0.717) is 5.69 Å². The smallest absolute Gasteiger partial charge is 0.183 e. The third kappa shape index (κ3) is 1.72. The first kappa shape index (κ1) is 8.96. The molecule has 0 aliphatic heterocycles. The van der Waals surface area contributed by atoms with Gasteiger partial charge in [-0.1, -0.05) is 0 Å². The van der Waals surface area contributed by atoms with Crippen molar-refractivity contribution in [1.29, 1.82) is 0 Å². The molecule has 3 nitrogen and oxygen atoms in total. The van der Waals surface area contributed by atoms with Gasteiger partial charge in [-0.2, -0.15) is 0 Å². The van der Waals surface area contributed by atoms with E-state index in [4.69, 9.17) is 10.8 Å². The Morgan fingerprint density at radius 3 is 2.75 bits per heavy atom. The van der Waals surface area contributed by atoms with Crippen molar-refractivity contribution in [2.75, 3.05) is 12.8 Å². The summed E-state index contributed by atoms with van der Waals surface area (Å²) in [6.07, 6.45) is -1.23. The van der Waals surface area contributed by atoms with E-state index in [1.54, 1.807) is 0 Å². The van der Waals surface area contributed by atoms with Crippen molar-refractivity contribution in [3.05, 3.63) is 29.6 Å². The molecule has 1 rings (SSSR count). The van der Waals surface area contributed by atoms with Crippen LogP contribution < -0.4 is 5.73 Å². The van der Waals surface area contributed by atoms with Crippen LogP contribution in [0.15, 0.2) is 18.2 Å². The summed E-state index contributed by atoms with van der Waals surface area (Å²) in [5.74, 6) is -0.565. The number of aliphatic hydroxyl groups excluding tert-OH is 1. The van der Waals surface area contributed by atoms with Gasteiger partial charge in [0.05, 0.1) is 0 Å². The van der Waals surface area contributed by atoms with E-state index in [0.717, 1.165) is 6.07 Å². The number of benzene rings is 1. The molecular weight excluding hydrogens is 161 g/mol. The summed E-state index contributed by atoms with van der Waals surface area (Å²) >= 11 is 0. The molecule has 0 fully saturated rings. The van der Waals surface area contributed by atoms with Gasteiger partial charge in [0.25, 0.3) is 0 Å². The van der Waals surface area contributed by atoms with Crippen molar-refractivity contribution in [3.63, 3.8) is 0 Å². The number of hydrogen-bond acceptors (Lipinski definition) is 3. The normalized spacial score (nSPS) is 12.9. The summed E-state index contributed by atoms with van der Waals surface area (Å²) in [7, 11) is 1.29. The SMILES string of the molecule is COC(O)c1ccc(N)cc1F. The van der Waals surface area contributed by atoms with Gasteiger partial charge >= 0.3 is 0 Å². The third-order valence-electron chi connectivity index (χ3n) is 1.51. The number of ether oxygens (including phenoxy) is 1. The van der Waals surface area contributed by atoms with Crippen LogP contribution in [0.1, 0.15) is 11.9 Å². The number of methoxy groups -OCH3 is 1. The lowest BCUT2D eigenvalue weighted by molar-refractivity contribution is -0.0790.